The zero-order chi connectivity index (χ0) is 14.9. The van der Waals surface area contributed by atoms with E-state index in [9.17, 15) is 9.90 Å². The Morgan fingerprint density at radius 3 is 2.48 bits per heavy atom. The van der Waals surface area contributed by atoms with Crippen molar-refractivity contribution in [3.8, 4) is 5.75 Å². The highest BCUT2D eigenvalue weighted by Crippen LogP contribution is 2.43. The minimum Gasteiger partial charge on any atom is -0.507 e. The third kappa shape index (κ3) is 2.50. The van der Waals surface area contributed by atoms with Gasteiger partial charge in [-0.05, 0) is 43.4 Å². The van der Waals surface area contributed by atoms with Gasteiger partial charge in [0.05, 0.1) is 12.7 Å². The van der Waals surface area contributed by atoms with Crippen LogP contribution in [0.4, 0.5) is 0 Å². The number of aliphatic hydroxyl groups excluding tert-OH is 1. The molecule has 0 atom stereocenters. The van der Waals surface area contributed by atoms with E-state index in [1.807, 2.05) is 24.3 Å². The molecule has 112 valence electrons. The standard InChI is InChI=1S/C17H20O4/c1-20-13-7-5-12(6-8-13)11-14-15(18)17(21-16(14)19)9-3-2-4-10-17/h5-8,18H,2-4,9-11H2,1H3. The minimum absolute atomic E-state index is 0.156. The van der Waals surface area contributed by atoms with Gasteiger partial charge in [0.1, 0.15) is 11.5 Å². The van der Waals surface area contributed by atoms with E-state index in [-0.39, 0.29) is 11.7 Å². The fourth-order valence-corrected chi connectivity index (χ4v) is 3.22. The molecule has 1 saturated carbocycles. The van der Waals surface area contributed by atoms with Crippen molar-refractivity contribution in [2.75, 3.05) is 7.11 Å². The molecule has 3 rings (SSSR count). The molecule has 21 heavy (non-hydrogen) atoms. The second-order valence-electron chi connectivity index (χ2n) is 5.80. The molecule has 0 bridgehead atoms. The highest BCUT2D eigenvalue weighted by Gasteiger charge is 2.48. The average molecular weight is 288 g/mol. The number of rotatable bonds is 3. The van der Waals surface area contributed by atoms with Gasteiger partial charge in [0.2, 0.25) is 0 Å². The lowest BCUT2D eigenvalue weighted by Crippen LogP contribution is -2.34. The first kappa shape index (κ1) is 14.0. The van der Waals surface area contributed by atoms with Crippen LogP contribution in [-0.2, 0) is 16.0 Å². The van der Waals surface area contributed by atoms with Gasteiger partial charge in [-0.3, -0.25) is 0 Å². The van der Waals surface area contributed by atoms with Crippen LogP contribution in [-0.4, -0.2) is 23.8 Å². The van der Waals surface area contributed by atoms with Crippen LogP contribution in [0.25, 0.3) is 0 Å². The number of esters is 1. The highest BCUT2D eigenvalue weighted by atomic mass is 16.6. The first-order valence-electron chi connectivity index (χ1n) is 7.43. The number of hydrogen-bond acceptors (Lipinski definition) is 4. The fraction of sp³-hybridized carbons (Fsp3) is 0.471. The molecule has 1 fully saturated rings. The molecule has 1 spiro atoms. The van der Waals surface area contributed by atoms with E-state index in [4.69, 9.17) is 9.47 Å². The maximum atomic E-state index is 12.1. The number of benzene rings is 1. The molecule has 1 aliphatic heterocycles. The lowest BCUT2D eigenvalue weighted by atomic mass is 9.82. The van der Waals surface area contributed by atoms with Gasteiger partial charge in [0.15, 0.2) is 5.60 Å². The molecule has 0 aromatic heterocycles. The van der Waals surface area contributed by atoms with Crippen LogP contribution in [0.1, 0.15) is 37.7 Å². The number of aliphatic hydroxyl groups is 1. The maximum Gasteiger partial charge on any atom is 0.338 e. The van der Waals surface area contributed by atoms with E-state index in [1.54, 1.807) is 7.11 Å². The molecule has 4 nitrogen and oxygen atoms in total. The van der Waals surface area contributed by atoms with E-state index in [2.05, 4.69) is 0 Å². The van der Waals surface area contributed by atoms with Crippen LogP contribution in [0.3, 0.4) is 0 Å². The summed E-state index contributed by atoms with van der Waals surface area (Å²) < 4.78 is 10.7. The van der Waals surface area contributed by atoms with Crippen LogP contribution < -0.4 is 4.74 Å². The first-order valence-corrected chi connectivity index (χ1v) is 7.43. The third-order valence-electron chi connectivity index (χ3n) is 4.45. The minimum atomic E-state index is -0.739. The molecule has 0 unspecified atom stereocenters. The summed E-state index contributed by atoms with van der Waals surface area (Å²) in [6, 6.07) is 7.50. The molecule has 1 heterocycles. The monoisotopic (exact) mass is 288 g/mol. The van der Waals surface area contributed by atoms with Crippen molar-refractivity contribution in [1.29, 1.82) is 0 Å². The van der Waals surface area contributed by atoms with Crippen molar-refractivity contribution in [3.05, 3.63) is 41.2 Å². The zero-order valence-electron chi connectivity index (χ0n) is 12.2. The maximum absolute atomic E-state index is 12.1. The Bertz CT molecular complexity index is 565. The number of methoxy groups -OCH3 is 1. The largest absolute Gasteiger partial charge is 0.507 e. The number of carbonyl (C=O) groups is 1. The predicted octanol–water partition coefficient (Wildman–Crippen LogP) is 3.31. The quantitative estimate of drug-likeness (QED) is 0.867. The summed E-state index contributed by atoms with van der Waals surface area (Å²) in [6.07, 6.45) is 4.99. The van der Waals surface area contributed by atoms with Gasteiger partial charge in [0, 0.05) is 6.42 Å². The van der Waals surface area contributed by atoms with E-state index in [0.29, 0.717) is 12.0 Å². The topological polar surface area (TPSA) is 55.8 Å². The van der Waals surface area contributed by atoms with E-state index >= 15 is 0 Å². The van der Waals surface area contributed by atoms with Crippen LogP contribution in [0.15, 0.2) is 35.6 Å². The van der Waals surface area contributed by atoms with Crippen LogP contribution in [0.2, 0.25) is 0 Å². The number of carbonyl (C=O) groups excluding carboxylic acids is 1. The van der Waals surface area contributed by atoms with Gasteiger partial charge in [0.25, 0.3) is 0 Å². The Morgan fingerprint density at radius 1 is 1.19 bits per heavy atom. The summed E-state index contributed by atoms with van der Waals surface area (Å²) >= 11 is 0. The Balaban J connectivity index is 1.84. The highest BCUT2D eigenvalue weighted by molar-refractivity contribution is 5.93. The molecule has 1 N–H and O–H groups in total. The van der Waals surface area contributed by atoms with E-state index in [1.165, 1.54) is 0 Å². The molecule has 1 aromatic carbocycles. The van der Waals surface area contributed by atoms with Gasteiger partial charge >= 0.3 is 5.97 Å². The van der Waals surface area contributed by atoms with Crippen molar-refractivity contribution in [2.45, 2.75) is 44.1 Å². The molecule has 0 radical (unpaired) electrons. The first-order chi connectivity index (χ1) is 10.1. The molecule has 1 aliphatic carbocycles. The summed E-state index contributed by atoms with van der Waals surface area (Å²) in [7, 11) is 1.62. The van der Waals surface area contributed by atoms with Gasteiger partial charge in [-0.25, -0.2) is 4.79 Å². The molecule has 2 aliphatic rings. The second kappa shape index (κ2) is 5.43. The normalized spacial score (nSPS) is 20.7. The number of ether oxygens (including phenoxy) is 2. The zero-order valence-corrected chi connectivity index (χ0v) is 12.2. The van der Waals surface area contributed by atoms with Crippen molar-refractivity contribution in [2.24, 2.45) is 0 Å². The van der Waals surface area contributed by atoms with Crippen LogP contribution >= 0.6 is 0 Å². The Kier molecular flexibility index (Phi) is 3.62. The molecular weight excluding hydrogens is 268 g/mol. The Labute approximate surface area is 124 Å². The van der Waals surface area contributed by atoms with E-state index in [0.717, 1.165) is 43.4 Å². The van der Waals surface area contributed by atoms with Crippen molar-refractivity contribution in [3.63, 3.8) is 0 Å². The Hall–Kier alpha value is -1.97. The molecule has 0 amide bonds. The lowest BCUT2D eigenvalue weighted by molar-refractivity contribution is -0.150. The third-order valence-corrected chi connectivity index (χ3v) is 4.45. The van der Waals surface area contributed by atoms with Crippen LogP contribution in [0.5, 0.6) is 5.75 Å². The van der Waals surface area contributed by atoms with Gasteiger partial charge < -0.3 is 14.6 Å². The summed E-state index contributed by atoms with van der Waals surface area (Å²) in [6.45, 7) is 0. The number of hydrogen-bond donors (Lipinski definition) is 1. The Morgan fingerprint density at radius 2 is 1.86 bits per heavy atom. The summed E-state index contributed by atoms with van der Waals surface area (Å²) in [5.41, 5.74) is 0.626. The fourth-order valence-electron chi connectivity index (χ4n) is 3.22. The predicted molar refractivity (Wildman–Crippen MR) is 78.3 cm³/mol. The lowest BCUT2D eigenvalue weighted by Gasteiger charge is -2.31. The smallest absolute Gasteiger partial charge is 0.338 e. The van der Waals surface area contributed by atoms with Crippen molar-refractivity contribution in [1.82, 2.24) is 0 Å². The van der Waals surface area contributed by atoms with Crippen molar-refractivity contribution < 1.29 is 19.4 Å². The average Bonchev–Trinajstić information content (AvgIpc) is 2.73. The molecular formula is C17H20O4. The SMILES string of the molecule is COc1ccc(CC2=C(O)C3(CCCCC3)OC2=O)cc1. The van der Waals surface area contributed by atoms with Crippen LogP contribution in [0, 0.1) is 0 Å². The van der Waals surface area contributed by atoms with Gasteiger partial charge in [-0.15, -0.1) is 0 Å². The molecule has 4 heteroatoms. The van der Waals surface area contributed by atoms with Crippen molar-refractivity contribution >= 4 is 5.97 Å². The molecule has 1 aromatic rings. The summed E-state index contributed by atoms with van der Waals surface area (Å²) in [5.74, 6) is 0.558. The van der Waals surface area contributed by atoms with E-state index < -0.39 is 5.60 Å². The summed E-state index contributed by atoms with van der Waals surface area (Å²) in [4.78, 5) is 12.1. The summed E-state index contributed by atoms with van der Waals surface area (Å²) in [5, 5.41) is 10.5. The van der Waals surface area contributed by atoms with Gasteiger partial charge in [-0.1, -0.05) is 18.6 Å². The second-order valence-corrected chi connectivity index (χ2v) is 5.80. The van der Waals surface area contributed by atoms with Gasteiger partial charge in [-0.2, -0.15) is 0 Å². The molecule has 0 saturated heterocycles.